The second kappa shape index (κ2) is 9.82. The summed E-state index contributed by atoms with van der Waals surface area (Å²) < 4.78 is 11.9. The highest BCUT2D eigenvalue weighted by Crippen LogP contribution is 2.26. The Balaban J connectivity index is 1.52. The fourth-order valence-electron chi connectivity index (χ4n) is 3.67. The summed E-state index contributed by atoms with van der Waals surface area (Å²) in [6, 6.07) is 12.2. The van der Waals surface area contributed by atoms with Gasteiger partial charge in [-0.25, -0.2) is 0 Å². The summed E-state index contributed by atoms with van der Waals surface area (Å²) in [5, 5.41) is 3.02. The SMILES string of the molecule is CC[C@@H](Oc1ccc2c(c1)CCCC2)C(=O)N[C@@H](C)COc1ccc(C)c(C)c1. The lowest BCUT2D eigenvalue weighted by Crippen LogP contribution is -2.44. The standard InChI is InChI=1S/C25H33NO3/c1-5-24(29-23-13-11-20-8-6-7-9-21(20)15-23)25(27)26-19(4)16-28-22-12-10-17(2)18(3)14-22/h10-15,19,24H,5-9,16H2,1-4H3,(H,26,27)/t19-,24+/m0/s1. The molecule has 0 heterocycles. The number of ether oxygens (including phenoxy) is 2. The van der Waals surface area contributed by atoms with Gasteiger partial charge in [-0.05, 0) is 99.4 Å². The summed E-state index contributed by atoms with van der Waals surface area (Å²) in [6.07, 6.45) is 4.85. The first-order valence-corrected chi connectivity index (χ1v) is 10.7. The van der Waals surface area contributed by atoms with Gasteiger partial charge in [0.05, 0.1) is 6.04 Å². The van der Waals surface area contributed by atoms with E-state index in [0.29, 0.717) is 13.0 Å². The Labute approximate surface area is 174 Å². The van der Waals surface area contributed by atoms with Gasteiger partial charge in [0.2, 0.25) is 0 Å². The van der Waals surface area contributed by atoms with Crippen molar-refractivity contribution in [1.29, 1.82) is 0 Å². The normalized spacial score (nSPS) is 15.2. The number of aryl methyl sites for hydroxylation is 4. The minimum Gasteiger partial charge on any atom is -0.491 e. The Hall–Kier alpha value is -2.49. The summed E-state index contributed by atoms with van der Waals surface area (Å²) in [5.74, 6) is 1.51. The van der Waals surface area contributed by atoms with Crippen LogP contribution in [0.2, 0.25) is 0 Å². The van der Waals surface area contributed by atoms with Crippen LogP contribution in [-0.2, 0) is 17.6 Å². The van der Waals surface area contributed by atoms with Crippen LogP contribution in [0, 0.1) is 13.8 Å². The molecule has 2 atom stereocenters. The Kier molecular flexibility index (Phi) is 7.18. The highest BCUT2D eigenvalue weighted by molar-refractivity contribution is 5.81. The first-order valence-electron chi connectivity index (χ1n) is 10.7. The van der Waals surface area contributed by atoms with Crippen LogP contribution >= 0.6 is 0 Å². The largest absolute Gasteiger partial charge is 0.491 e. The Morgan fingerprint density at radius 3 is 2.45 bits per heavy atom. The zero-order valence-corrected chi connectivity index (χ0v) is 18.1. The van der Waals surface area contributed by atoms with Gasteiger partial charge in [-0.15, -0.1) is 0 Å². The molecular weight excluding hydrogens is 362 g/mol. The van der Waals surface area contributed by atoms with E-state index in [-0.39, 0.29) is 11.9 Å². The monoisotopic (exact) mass is 395 g/mol. The molecule has 3 rings (SSSR count). The van der Waals surface area contributed by atoms with Gasteiger partial charge >= 0.3 is 0 Å². The van der Waals surface area contributed by atoms with E-state index < -0.39 is 6.10 Å². The molecule has 29 heavy (non-hydrogen) atoms. The van der Waals surface area contributed by atoms with Crippen molar-refractivity contribution >= 4 is 5.91 Å². The van der Waals surface area contributed by atoms with E-state index in [4.69, 9.17) is 9.47 Å². The van der Waals surface area contributed by atoms with Crippen LogP contribution in [0.5, 0.6) is 11.5 Å². The van der Waals surface area contributed by atoms with Gasteiger partial charge < -0.3 is 14.8 Å². The molecular formula is C25H33NO3. The van der Waals surface area contributed by atoms with E-state index in [1.807, 2.05) is 38.1 Å². The first-order chi connectivity index (χ1) is 14.0. The summed E-state index contributed by atoms with van der Waals surface area (Å²) in [4.78, 5) is 12.7. The van der Waals surface area contributed by atoms with Crippen molar-refractivity contribution in [1.82, 2.24) is 5.32 Å². The third kappa shape index (κ3) is 5.75. The molecule has 1 amide bonds. The molecule has 156 valence electrons. The Morgan fingerprint density at radius 1 is 1.00 bits per heavy atom. The molecule has 1 N–H and O–H groups in total. The van der Waals surface area contributed by atoms with E-state index >= 15 is 0 Å². The van der Waals surface area contributed by atoms with E-state index in [1.54, 1.807) is 0 Å². The minimum atomic E-state index is -0.499. The van der Waals surface area contributed by atoms with Crippen LogP contribution in [0.1, 0.15) is 55.4 Å². The second-order valence-corrected chi connectivity index (χ2v) is 8.12. The Bertz CT molecular complexity index is 846. The molecule has 0 unspecified atom stereocenters. The average molecular weight is 396 g/mol. The number of hydrogen-bond acceptors (Lipinski definition) is 3. The van der Waals surface area contributed by atoms with E-state index in [2.05, 4.69) is 31.3 Å². The van der Waals surface area contributed by atoms with E-state index in [0.717, 1.165) is 24.3 Å². The molecule has 2 aromatic rings. The molecule has 1 aliphatic carbocycles. The van der Waals surface area contributed by atoms with Gasteiger partial charge in [-0.2, -0.15) is 0 Å². The number of amides is 1. The van der Waals surface area contributed by atoms with Crippen molar-refractivity contribution in [2.75, 3.05) is 6.61 Å². The van der Waals surface area contributed by atoms with Crippen molar-refractivity contribution in [2.24, 2.45) is 0 Å². The third-order valence-corrected chi connectivity index (χ3v) is 5.63. The summed E-state index contributed by atoms with van der Waals surface area (Å²) in [6.45, 7) is 8.49. The van der Waals surface area contributed by atoms with Crippen molar-refractivity contribution < 1.29 is 14.3 Å². The maximum Gasteiger partial charge on any atom is 0.261 e. The number of nitrogens with one attached hydrogen (secondary N) is 1. The van der Waals surface area contributed by atoms with E-state index in [1.165, 1.54) is 35.1 Å². The van der Waals surface area contributed by atoms with Crippen LogP contribution in [0.3, 0.4) is 0 Å². The lowest BCUT2D eigenvalue weighted by molar-refractivity contribution is -0.128. The molecule has 0 aliphatic heterocycles. The highest BCUT2D eigenvalue weighted by atomic mass is 16.5. The molecule has 0 spiro atoms. The third-order valence-electron chi connectivity index (χ3n) is 5.63. The summed E-state index contributed by atoms with van der Waals surface area (Å²) >= 11 is 0. The van der Waals surface area contributed by atoms with Crippen LogP contribution in [0.15, 0.2) is 36.4 Å². The molecule has 4 heteroatoms. The zero-order valence-electron chi connectivity index (χ0n) is 18.1. The fraction of sp³-hybridized carbons (Fsp3) is 0.480. The van der Waals surface area contributed by atoms with Gasteiger partial charge in [0.1, 0.15) is 18.1 Å². The minimum absolute atomic E-state index is 0.0959. The van der Waals surface area contributed by atoms with Gasteiger partial charge in [0.25, 0.3) is 5.91 Å². The molecule has 4 nitrogen and oxygen atoms in total. The fourth-order valence-corrected chi connectivity index (χ4v) is 3.67. The summed E-state index contributed by atoms with van der Waals surface area (Å²) in [7, 11) is 0. The summed E-state index contributed by atoms with van der Waals surface area (Å²) in [5.41, 5.74) is 5.21. The van der Waals surface area contributed by atoms with E-state index in [9.17, 15) is 4.79 Å². The molecule has 0 radical (unpaired) electrons. The maximum absolute atomic E-state index is 12.7. The van der Waals surface area contributed by atoms with Gasteiger partial charge in [-0.3, -0.25) is 4.79 Å². The lowest BCUT2D eigenvalue weighted by Gasteiger charge is -2.22. The quantitative estimate of drug-likeness (QED) is 0.690. The molecule has 0 saturated heterocycles. The van der Waals surface area contributed by atoms with Crippen LogP contribution in [0.25, 0.3) is 0 Å². The Morgan fingerprint density at radius 2 is 1.72 bits per heavy atom. The predicted molar refractivity (Wildman–Crippen MR) is 117 cm³/mol. The molecule has 0 bridgehead atoms. The van der Waals surface area contributed by atoms with Crippen molar-refractivity contribution in [3.63, 3.8) is 0 Å². The van der Waals surface area contributed by atoms with Crippen molar-refractivity contribution in [2.45, 2.75) is 71.9 Å². The van der Waals surface area contributed by atoms with Gasteiger partial charge in [-0.1, -0.05) is 19.1 Å². The number of carbonyl (C=O) groups excluding carboxylic acids is 1. The molecule has 0 aromatic heterocycles. The number of fused-ring (bicyclic) bond motifs is 1. The predicted octanol–water partition coefficient (Wildman–Crippen LogP) is 4.92. The van der Waals surface area contributed by atoms with Crippen molar-refractivity contribution in [3.8, 4) is 11.5 Å². The number of rotatable bonds is 8. The number of hydrogen-bond donors (Lipinski definition) is 1. The second-order valence-electron chi connectivity index (χ2n) is 8.12. The topological polar surface area (TPSA) is 47.6 Å². The zero-order chi connectivity index (χ0) is 20.8. The molecule has 2 aromatic carbocycles. The number of benzene rings is 2. The lowest BCUT2D eigenvalue weighted by atomic mass is 9.92. The molecule has 0 fully saturated rings. The maximum atomic E-state index is 12.7. The van der Waals surface area contributed by atoms with Gasteiger partial charge in [0.15, 0.2) is 6.10 Å². The highest BCUT2D eigenvalue weighted by Gasteiger charge is 2.21. The molecule has 0 saturated carbocycles. The first kappa shape index (κ1) is 21.2. The average Bonchev–Trinajstić information content (AvgIpc) is 2.72. The van der Waals surface area contributed by atoms with Gasteiger partial charge in [0, 0.05) is 0 Å². The van der Waals surface area contributed by atoms with Crippen LogP contribution in [-0.4, -0.2) is 24.7 Å². The smallest absolute Gasteiger partial charge is 0.261 e. The van der Waals surface area contributed by atoms with Crippen LogP contribution in [0.4, 0.5) is 0 Å². The van der Waals surface area contributed by atoms with Crippen molar-refractivity contribution in [3.05, 3.63) is 58.7 Å². The number of carbonyl (C=O) groups is 1. The molecule has 1 aliphatic rings. The van der Waals surface area contributed by atoms with Crippen LogP contribution < -0.4 is 14.8 Å².